The SMILES string of the molecule is CCN(CC(C)C)CC(N)C1CCCC1. The molecule has 2 nitrogen and oxygen atoms in total. The molecule has 1 aliphatic rings. The molecule has 0 spiro atoms. The van der Waals surface area contributed by atoms with Gasteiger partial charge in [-0.15, -0.1) is 0 Å². The van der Waals surface area contributed by atoms with E-state index in [0.717, 1.165) is 24.9 Å². The Hall–Kier alpha value is -0.0800. The van der Waals surface area contributed by atoms with Crippen molar-refractivity contribution in [2.24, 2.45) is 17.6 Å². The average Bonchev–Trinajstić information content (AvgIpc) is 2.68. The van der Waals surface area contributed by atoms with Crippen LogP contribution in [0.25, 0.3) is 0 Å². The zero-order chi connectivity index (χ0) is 11.3. The summed E-state index contributed by atoms with van der Waals surface area (Å²) in [5.41, 5.74) is 6.29. The van der Waals surface area contributed by atoms with E-state index in [1.807, 2.05) is 0 Å². The molecule has 0 aliphatic heterocycles. The zero-order valence-corrected chi connectivity index (χ0v) is 10.7. The fourth-order valence-electron chi connectivity index (χ4n) is 2.68. The molecule has 0 radical (unpaired) electrons. The van der Waals surface area contributed by atoms with Crippen molar-refractivity contribution in [2.75, 3.05) is 19.6 Å². The van der Waals surface area contributed by atoms with E-state index in [2.05, 4.69) is 25.7 Å². The third-order valence-electron chi connectivity index (χ3n) is 3.54. The van der Waals surface area contributed by atoms with Crippen LogP contribution in [0.1, 0.15) is 46.5 Å². The highest BCUT2D eigenvalue weighted by Crippen LogP contribution is 2.27. The molecule has 0 bridgehead atoms. The molecule has 1 aliphatic carbocycles. The van der Waals surface area contributed by atoms with E-state index in [1.165, 1.54) is 32.2 Å². The standard InChI is InChI=1S/C13H28N2/c1-4-15(9-11(2)3)10-13(14)12-7-5-6-8-12/h11-13H,4-10,14H2,1-3H3. The van der Waals surface area contributed by atoms with E-state index in [4.69, 9.17) is 5.73 Å². The van der Waals surface area contributed by atoms with Crippen LogP contribution in [0, 0.1) is 11.8 Å². The number of hydrogen-bond acceptors (Lipinski definition) is 2. The number of likely N-dealkylation sites (N-methyl/N-ethyl adjacent to an activating group) is 1. The van der Waals surface area contributed by atoms with Crippen molar-refractivity contribution < 1.29 is 0 Å². The van der Waals surface area contributed by atoms with E-state index < -0.39 is 0 Å². The first kappa shape index (κ1) is 13.0. The maximum atomic E-state index is 6.29. The number of rotatable bonds is 6. The molecule has 15 heavy (non-hydrogen) atoms. The van der Waals surface area contributed by atoms with Crippen LogP contribution in [0.3, 0.4) is 0 Å². The van der Waals surface area contributed by atoms with Crippen molar-refractivity contribution in [3.05, 3.63) is 0 Å². The second-order valence-electron chi connectivity index (χ2n) is 5.45. The molecule has 2 N–H and O–H groups in total. The monoisotopic (exact) mass is 212 g/mol. The summed E-state index contributed by atoms with van der Waals surface area (Å²) in [6.45, 7) is 10.2. The summed E-state index contributed by atoms with van der Waals surface area (Å²) < 4.78 is 0. The molecule has 0 saturated heterocycles. The van der Waals surface area contributed by atoms with Gasteiger partial charge in [-0.3, -0.25) is 0 Å². The van der Waals surface area contributed by atoms with Crippen LogP contribution in [0.4, 0.5) is 0 Å². The number of nitrogens with zero attached hydrogens (tertiary/aromatic N) is 1. The smallest absolute Gasteiger partial charge is 0.0196 e. The predicted octanol–water partition coefficient (Wildman–Crippen LogP) is 2.48. The Balaban J connectivity index is 2.29. The molecule has 2 heteroatoms. The zero-order valence-electron chi connectivity index (χ0n) is 10.7. The molecule has 0 heterocycles. The van der Waals surface area contributed by atoms with Crippen molar-refractivity contribution in [3.63, 3.8) is 0 Å². The van der Waals surface area contributed by atoms with Crippen molar-refractivity contribution in [1.29, 1.82) is 0 Å². The Morgan fingerprint density at radius 1 is 1.20 bits per heavy atom. The van der Waals surface area contributed by atoms with Gasteiger partial charge in [0.25, 0.3) is 0 Å². The summed E-state index contributed by atoms with van der Waals surface area (Å²) in [7, 11) is 0. The maximum Gasteiger partial charge on any atom is 0.0196 e. The molecular formula is C13H28N2. The quantitative estimate of drug-likeness (QED) is 0.733. The summed E-state index contributed by atoms with van der Waals surface area (Å²) in [5.74, 6) is 1.55. The average molecular weight is 212 g/mol. The molecule has 1 saturated carbocycles. The van der Waals surface area contributed by atoms with Gasteiger partial charge in [0.15, 0.2) is 0 Å². The first-order valence-electron chi connectivity index (χ1n) is 6.61. The van der Waals surface area contributed by atoms with Gasteiger partial charge in [-0.1, -0.05) is 33.6 Å². The molecule has 0 aromatic rings. The van der Waals surface area contributed by atoms with Crippen molar-refractivity contribution in [3.8, 4) is 0 Å². The van der Waals surface area contributed by atoms with Crippen molar-refractivity contribution >= 4 is 0 Å². The first-order valence-corrected chi connectivity index (χ1v) is 6.61. The van der Waals surface area contributed by atoms with Gasteiger partial charge in [-0.05, 0) is 31.2 Å². The lowest BCUT2D eigenvalue weighted by atomic mass is 9.98. The lowest BCUT2D eigenvalue weighted by molar-refractivity contribution is 0.218. The fraction of sp³-hybridized carbons (Fsp3) is 1.00. The number of nitrogens with two attached hydrogens (primary N) is 1. The third kappa shape index (κ3) is 4.52. The van der Waals surface area contributed by atoms with Crippen LogP contribution in [0.5, 0.6) is 0 Å². The summed E-state index contributed by atoms with van der Waals surface area (Å²) in [4.78, 5) is 2.51. The molecule has 0 aromatic heterocycles. The van der Waals surface area contributed by atoms with Gasteiger partial charge < -0.3 is 10.6 Å². The van der Waals surface area contributed by atoms with Gasteiger partial charge in [0, 0.05) is 19.1 Å². The molecule has 0 amide bonds. The molecule has 90 valence electrons. The number of hydrogen-bond donors (Lipinski definition) is 1. The Morgan fingerprint density at radius 3 is 2.27 bits per heavy atom. The predicted molar refractivity (Wildman–Crippen MR) is 66.9 cm³/mol. The topological polar surface area (TPSA) is 29.3 Å². The molecule has 0 aromatic carbocycles. The van der Waals surface area contributed by atoms with Gasteiger partial charge in [-0.2, -0.15) is 0 Å². The Labute approximate surface area is 95.2 Å². The molecule has 1 rings (SSSR count). The highest BCUT2D eigenvalue weighted by atomic mass is 15.1. The van der Waals surface area contributed by atoms with E-state index in [0.29, 0.717) is 6.04 Å². The first-order chi connectivity index (χ1) is 7.13. The van der Waals surface area contributed by atoms with Gasteiger partial charge >= 0.3 is 0 Å². The highest BCUT2D eigenvalue weighted by molar-refractivity contribution is 4.80. The van der Waals surface area contributed by atoms with Gasteiger partial charge in [0.1, 0.15) is 0 Å². The van der Waals surface area contributed by atoms with Gasteiger partial charge in [0.05, 0.1) is 0 Å². The second kappa shape index (κ2) is 6.49. The van der Waals surface area contributed by atoms with E-state index in [9.17, 15) is 0 Å². The minimum absolute atomic E-state index is 0.409. The second-order valence-corrected chi connectivity index (χ2v) is 5.45. The lowest BCUT2D eigenvalue weighted by Gasteiger charge is -2.28. The summed E-state index contributed by atoms with van der Waals surface area (Å²) in [6.07, 6.45) is 5.52. The van der Waals surface area contributed by atoms with Crippen LogP contribution in [0.2, 0.25) is 0 Å². The summed E-state index contributed by atoms with van der Waals surface area (Å²) in [6, 6.07) is 0.409. The largest absolute Gasteiger partial charge is 0.326 e. The summed E-state index contributed by atoms with van der Waals surface area (Å²) in [5, 5.41) is 0. The lowest BCUT2D eigenvalue weighted by Crippen LogP contribution is -2.42. The fourth-order valence-corrected chi connectivity index (χ4v) is 2.68. The van der Waals surface area contributed by atoms with Crippen molar-refractivity contribution in [2.45, 2.75) is 52.5 Å². The van der Waals surface area contributed by atoms with Gasteiger partial charge in [-0.25, -0.2) is 0 Å². The Kier molecular flexibility index (Phi) is 5.62. The Morgan fingerprint density at radius 2 is 1.80 bits per heavy atom. The molecule has 1 unspecified atom stereocenters. The minimum Gasteiger partial charge on any atom is -0.326 e. The van der Waals surface area contributed by atoms with Crippen molar-refractivity contribution in [1.82, 2.24) is 4.90 Å². The van der Waals surface area contributed by atoms with E-state index in [-0.39, 0.29) is 0 Å². The van der Waals surface area contributed by atoms with Crippen LogP contribution in [0.15, 0.2) is 0 Å². The summed E-state index contributed by atoms with van der Waals surface area (Å²) >= 11 is 0. The van der Waals surface area contributed by atoms with Crippen LogP contribution >= 0.6 is 0 Å². The minimum atomic E-state index is 0.409. The molecule has 1 fully saturated rings. The van der Waals surface area contributed by atoms with E-state index >= 15 is 0 Å². The molecule has 1 atom stereocenters. The highest BCUT2D eigenvalue weighted by Gasteiger charge is 2.23. The van der Waals surface area contributed by atoms with Gasteiger partial charge in [0.2, 0.25) is 0 Å². The Bertz CT molecular complexity index is 162. The van der Waals surface area contributed by atoms with Crippen LogP contribution in [-0.2, 0) is 0 Å². The third-order valence-corrected chi connectivity index (χ3v) is 3.54. The normalized spacial score (nSPS) is 20.4. The maximum absolute atomic E-state index is 6.29. The van der Waals surface area contributed by atoms with Crippen LogP contribution < -0.4 is 5.73 Å². The molecular weight excluding hydrogens is 184 g/mol. The van der Waals surface area contributed by atoms with E-state index in [1.54, 1.807) is 0 Å². The van der Waals surface area contributed by atoms with Crippen LogP contribution in [-0.4, -0.2) is 30.6 Å².